The summed E-state index contributed by atoms with van der Waals surface area (Å²) in [4.78, 5) is 18.5. The Hall–Kier alpha value is -3.68. The highest BCUT2D eigenvalue weighted by molar-refractivity contribution is 5.96. The van der Waals surface area contributed by atoms with Gasteiger partial charge in [-0.3, -0.25) is 10.00 Å². The Balaban J connectivity index is 1.52. The maximum atomic E-state index is 12.6. The molecule has 1 amide bonds. The largest absolute Gasteiger partial charge is 0.443 e. The SMILES string of the molecule is Cc1cc(-c2cc(C)c3ncnn3c2)cc2[nH]nc(C3=CN(C(=O)OC(C)(C)C)CCC3)c12. The molecule has 0 spiro atoms. The Kier molecular flexibility index (Phi) is 4.96. The summed E-state index contributed by atoms with van der Waals surface area (Å²) < 4.78 is 7.36. The standard InChI is InChI=1S/C25H28N6O2/c1-15-9-18(19-10-16(2)23-26-14-27-31(23)13-19)11-20-21(15)22(29-28-20)17-7-6-8-30(12-17)24(32)33-25(3,4)5/h9-14H,6-8H2,1-5H3,(H,28,29). The maximum Gasteiger partial charge on any atom is 0.414 e. The van der Waals surface area contributed by atoms with E-state index in [-0.39, 0.29) is 6.09 Å². The lowest BCUT2D eigenvalue weighted by atomic mass is 9.96. The van der Waals surface area contributed by atoms with Gasteiger partial charge in [0.2, 0.25) is 0 Å². The molecule has 4 heterocycles. The fourth-order valence-electron chi connectivity index (χ4n) is 4.41. The molecule has 1 aliphatic heterocycles. The van der Waals surface area contributed by atoms with E-state index < -0.39 is 5.60 Å². The second-order valence-electron chi connectivity index (χ2n) is 9.66. The number of hydrogen-bond donors (Lipinski definition) is 1. The number of aromatic nitrogens is 5. The predicted octanol–water partition coefficient (Wildman–Crippen LogP) is 5.26. The fourth-order valence-corrected chi connectivity index (χ4v) is 4.41. The lowest BCUT2D eigenvalue weighted by Crippen LogP contribution is -2.35. The number of carbonyl (C=O) groups is 1. The summed E-state index contributed by atoms with van der Waals surface area (Å²) in [5.41, 5.74) is 7.58. The zero-order chi connectivity index (χ0) is 23.3. The van der Waals surface area contributed by atoms with Crippen molar-refractivity contribution in [2.45, 2.75) is 53.1 Å². The highest BCUT2D eigenvalue weighted by Crippen LogP contribution is 2.34. The number of hydrogen-bond acceptors (Lipinski definition) is 5. The number of nitrogens with one attached hydrogen (secondary N) is 1. The number of H-pyrrole nitrogens is 1. The van der Waals surface area contributed by atoms with Crippen molar-refractivity contribution in [3.05, 3.63) is 53.7 Å². The second kappa shape index (κ2) is 7.72. The van der Waals surface area contributed by atoms with E-state index in [4.69, 9.17) is 4.74 Å². The van der Waals surface area contributed by atoms with Crippen LogP contribution in [0.3, 0.4) is 0 Å². The molecular weight excluding hydrogens is 416 g/mol. The molecule has 0 radical (unpaired) electrons. The molecular formula is C25H28N6O2. The second-order valence-corrected chi connectivity index (χ2v) is 9.66. The van der Waals surface area contributed by atoms with Crippen molar-refractivity contribution >= 4 is 28.2 Å². The van der Waals surface area contributed by atoms with E-state index in [1.165, 1.54) is 0 Å². The van der Waals surface area contributed by atoms with E-state index in [0.717, 1.165) is 62.9 Å². The third-order valence-electron chi connectivity index (χ3n) is 5.84. The van der Waals surface area contributed by atoms with Gasteiger partial charge in [-0.05, 0) is 81.9 Å². The minimum absolute atomic E-state index is 0.322. The Labute approximate surface area is 192 Å². The molecule has 1 N–H and O–H groups in total. The zero-order valence-corrected chi connectivity index (χ0v) is 19.6. The first-order valence-corrected chi connectivity index (χ1v) is 11.2. The van der Waals surface area contributed by atoms with Crippen molar-refractivity contribution in [3.63, 3.8) is 0 Å². The number of nitrogens with zero attached hydrogens (tertiary/aromatic N) is 5. The Morgan fingerprint density at radius 3 is 2.70 bits per heavy atom. The third-order valence-corrected chi connectivity index (χ3v) is 5.84. The van der Waals surface area contributed by atoms with Crippen molar-refractivity contribution in [1.29, 1.82) is 0 Å². The van der Waals surface area contributed by atoms with Crippen LogP contribution in [-0.4, -0.2) is 47.9 Å². The van der Waals surface area contributed by atoms with E-state index in [9.17, 15) is 4.79 Å². The summed E-state index contributed by atoms with van der Waals surface area (Å²) in [6, 6.07) is 6.42. The van der Waals surface area contributed by atoms with Crippen molar-refractivity contribution in [2.24, 2.45) is 0 Å². The van der Waals surface area contributed by atoms with Gasteiger partial charge in [-0.25, -0.2) is 14.3 Å². The minimum Gasteiger partial charge on any atom is -0.443 e. The number of aromatic amines is 1. The van der Waals surface area contributed by atoms with E-state index in [1.807, 2.05) is 40.1 Å². The van der Waals surface area contributed by atoms with Crippen LogP contribution in [0.1, 0.15) is 50.4 Å². The average molecular weight is 445 g/mol. The van der Waals surface area contributed by atoms with Crippen molar-refractivity contribution < 1.29 is 9.53 Å². The molecule has 0 fully saturated rings. The molecule has 4 aromatic rings. The lowest BCUT2D eigenvalue weighted by molar-refractivity contribution is 0.0329. The molecule has 1 aliphatic rings. The lowest BCUT2D eigenvalue weighted by Gasteiger charge is -2.28. The summed E-state index contributed by atoms with van der Waals surface area (Å²) in [5.74, 6) is 0. The van der Waals surface area contributed by atoms with E-state index in [2.05, 4.69) is 45.4 Å². The number of ether oxygens (including phenoxy) is 1. The third kappa shape index (κ3) is 3.97. The van der Waals surface area contributed by atoms with Gasteiger partial charge >= 0.3 is 6.09 Å². The van der Waals surface area contributed by atoms with Gasteiger partial charge in [0, 0.05) is 29.9 Å². The van der Waals surface area contributed by atoms with Gasteiger partial charge in [-0.2, -0.15) is 10.2 Å². The molecule has 8 nitrogen and oxygen atoms in total. The predicted molar refractivity (Wildman–Crippen MR) is 128 cm³/mol. The van der Waals surface area contributed by atoms with Gasteiger partial charge < -0.3 is 4.74 Å². The van der Waals surface area contributed by atoms with Gasteiger partial charge in [0.05, 0.1) is 11.2 Å². The Morgan fingerprint density at radius 2 is 1.91 bits per heavy atom. The van der Waals surface area contributed by atoms with Crippen LogP contribution in [-0.2, 0) is 4.74 Å². The fraction of sp³-hybridized carbons (Fsp3) is 0.360. The Bertz CT molecular complexity index is 1410. The maximum absolute atomic E-state index is 12.6. The molecule has 5 rings (SSSR count). The highest BCUT2D eigenvalue weighted by atomic mass is 16.6. The topological polar surface area (TPSA) is 88.4 Å². The van der Waals surface area contributed by atoms with Crippen LogP contribution in [0.2, 0.25) is 0 Å². The quantitative estimate of drug-likeness (QED) is 0.455. The van der Waals surface area contributed by atoms with Crippen LogP contribution in [0, 0.1) is 13.8 Å². The highest BCUT2D eigenvalue weighted by Gasteiger charge is 2.25. The first kappa shape index (κ1) is 21.2. The monoisotopic (exact) mass is 444 g/mol. The number of rotatable bonds is 2. The number of amides is 1. The average Bonchev–Trinajstić information content (AvgIpc) is 3.40. The molecule has 0 atom stereocenters. The number of benzene rings is 1. The normalized spacial score (nSPS) is 14.7. The van der Waals surface area contributed by atoms with Crippen molar-refractivity contribution in [2.75, 3.05) is 6.54 Å². The number of carbonyl (C=O) groups excluding carboxylic acids is 1. The summed E-state index contributed by atoms with van der Waals surface area (Å²) in [6.45, 7) is 10.4. The van der Waals surface area contributed by atoms with E-state index in [1.54, 1.807) is 15.7 Å². The molecule has 0 saturated heterocycles. The van der Waals surface area contributed by atoms with Crippen LogP contribution < -0.4 is 0 Å². The number of fused-ring (bicyclic) bond motifs is 2. The molecule has 0 unspecified atom stereocenters. The molecule has 0 saturated carbocycles. The molecule has 8 heteroatoms. The molecule has 0 bridgehead atoms. The van der Waals surface area contributed by atoms with Gasteiger partial charge in [0.1, 0.15) is 11.9 Å². The van der Waals surface area contributed by atoms with Crippen LogP contribution in [0.25, 0.3) is 33.3 Å². The van der Waals surface area contributed by atoms with Gasteiger partial charge in [0.15, 0.2) is 5.65 Å². The molecule has 1 aromatic carbocycles. The van der Waals surface area contributed by atoms with E-state index >= 15 is 0 Å². The van der Waals surface area contributed by atoms with Gasteiger partial charge in [-0.1, -0.05) is 6.07 Å². The summed E-state index contributed by atoms with van der Waals surface area (Å²) in [6.07, 6.45) is 6.87. The van der Waals surface area contributed by atoms with Crippen LogP contribution in [0.15, 0.2) is 36.9 Å². The van der Waals surface area contributed by atoms with Gasteiger partial charge in [0.25, 0.3) is 0 Å². The number of allylic oxidation sites excluding steroid dienone is 1. The minimum atomic E-state index is -0.526. The number of aryl methyl sites for hydroxylation is 2. The molecule has 0 aliphatic carbocycles. The molecule has 3 aromatic heterocycles. The van der Waals surface area contributed by atoms with Crippen LogP contribution in [0.5, 0.6) is 0 Å². The smallest absolute Gasteiger partial charge is 0.414 e. The van der Waals surface area contributed by atoms with E-state index in [0.29, 0.717) is 6.54 Å². The first-order chi connectivity index (χ1) is 15.7. The number of pyridine rings is 1. The molecule has 33 heavy (non-hydrogen) atoms. The van der Waals surface area contributed by atoms with Gasteiger partial charge in [-0.15, -0.1) is 0 Å². The van der Waals surface area contributed by atoms with Crippen molar-refractivity contribution in [3.8, 4) is 11.1 Å². The first-order valence-electron chi connectivity index (χ1n) is 11.2. The summed E-state index contributed by atoms with van der Waals surface area (Å²) in [5, 5.41) is 13.2. The Morgan fingerprint density at radius 1 is 1.12 bits per heavy atom. The van der Waals surface area contributed by atoms with Crippen LogP contribution >= 0.6 is 0 Å². The molecule has 170 valence electrons. The van der Waals surface area contributed by atoms with Crippen molar-refractivity contribution in [1.82, 2.24) is 29.7 Å². The summed E-state index contributed by atoms with van der Waals surface area (Å²) >= 11 is 0. The van der Waals surface area contributed by atoms with Crippen LogP contribution in [0.4, 0.5) is 4.79 Å². The summed E-state index contributed by atoms with van der Waals surface area (Å²) in [7, 11) is 0. The zero-order valence-electron chi connectivity index (χ0n) is 19.6.